The number of hydrogen-bond donors (Lipinski definition) is 0. The maximum Gasteiger partial charge on any atom is 0.109 e. The molecule has 19 heavy (non-hydrogen) atoms. The van der Waals surface area contributed by atoms with Crippen LogP contribution in [0.1, 0.15) is 25.3 Å². The first kappa shape index (κ1) is 14.1. The van der Waals surface area contributed by atoms with E-state index in [1.54, 1.807) is 13.3 Å². The Hall–Kier alpha value is -1.33. The molecule has 0 spiro atoms. The molecule has 0 fully saturated rings. The fourth-order valence-corrected chi connectivity index (χ4v) is 2.96. The molecule has 0 amide bonds. The van der Waals surface area contributed by atoms with Gasteiger partial charge in [0.2, 0.25) is 0 Å². The molecule has 0 aliphatic heterocycles. The molecule has 0 saturated heterocycles. The van der Waals surface area contributed by atoms with Crippen molar-refractivity contribution < 1.29 is 4.57 Å². The molecule has 0 saturated carbocycles. The van der Waals surface area contributed by atoms with Crippen LogP contribution in [0.2, 0.25) is 0 Å². The van der Waals surface area contributed by atoms with Gasteiger partial charge in [-0.2, -0.15) is 0 Å². The zero-order valence-electron chi connectivity index (χ0n) is 12.1. The Balaban J connectivity index is 2.37. The van der Waals surface area contributed by atoms with E-state index in [-0.39, 0.29) is 0 Å². The van der Waals surface area contributed by atoms with Crippen LogP contribution in [0.4, 0.5) is 0 Å². The van der Waals surface area contributed by atoms with Crippen molar-refractivity contribution in [3.63, 3.8) is 0 Å². The lowest BCUT2D eigenvalue weighted by atomic mass is 9.97. The minimum atomic E-state index is -2.15. The van der Waals surface area contributed by atoms with Crippen LogP contribution < -0.4 is 5.30 Å². The summed E-state index contributed by atoms with van der Waals surface area (Å²) >= 11 is 0. The van der Waals surface area contributed by atoms with Crippen LogP contribution in [0, 0.1) is 0 Å². The second kappa shape index (κ2) is 5.35. The summed E-state index contributed by atoms with van der Waals surface area (Å²) in [5.74, 6) is 0.533. The van der Waals surface area contributed by atoms with Gasteiger partial charge in [-0.3, -0.25) is 0 Å². The number of hydrogen-bond acceptors (Lipinski definition) is 1. The monoisotopic (exact) mass is 272 g/mol. The van der Waals surface area contributed by atoms with Crippen LogP contribution in [-0.2, 0) is 4.57 Å². The van der Waals surface area contributed by atoms with E-state index in [1.165, 1.54) is 16.7 Å². The molecule has 2 aromatic carbocycles. The Bertz CT molecular complexity index is 605. The SMILES string of the molecule is CC(C)c1cccc(-c2ccc(P(C)(C)=O)cc2)c1. The summed E-state index contributed by atoms with van der Waals surface area (Å²) in [4.78, 5) is 0. The van der Waals surface area contributed by atoms with Gasteiger partial charge in [0, 0.05) is 5.30 Å². The van der Waals surface area contributed by atoms with Crippen molar-refractivity contribution in [2.45, 2.75) is 19.8 Å². The summed E-state index contributed by atoms with van der Waals surface area (Å²) < 4.78 is 12.0. The fraction of sp³-hybridized carbons (Fsp3) is 0.294. The highest BCUT2D eigenvalue weighted by molar-refractivity contribution is 7.70. The van der Waals surface area contributed by atoms with Crippen LogP contribution in [0.25, 0.3) is 11.1 Å². The van der Waals surface area contributed by atoms with Gasteiger partial charge in [0.25, 0.3) is 0 Å². The molecule has 0 aliphatic rings. The molecule has 2 aromatic rings. The highest BCUT2D eigenvalue weighted by Gasteiger charge is 2.10. The van der Waals surface area contributed by atoms with E-state index in [2.05, 4.69) is 50.2 Å². The normalized spacial score (nSPS) is 11.8. The van der Waals surface area contributed by atoms with Crippen LogP contribution in [-0.4, -0.2) is 13.3 Å². The Morgan fingerprint density at radius 1 is 0.895 bits per heavy atom. The van der Waals surface area contributed by atoms with Crippen molar-refractivity contribution in [1.29, 1.82) is 0 Å². The first-order valence-corrected chi connectivity index (χ1v) is 9.24. The van der Waals surface area contributed by atoms with Gasteiger partial charge in [0.15, 0.2) is 0 Å². The van der Waals surface area contributed by atoms with Crippen LogP contribution in [0.3, 0.4) is 0 Å². The van der Waals surface area contributed by atoms with Gasteiger partial charge in [-0.15, -0.1) is 0 Å². The van der Waals surface area contributed by atoms with Crippen molar-refractivity contribution in [2.24, 2.45) is 0 Å². The highest BCUT2D eigenvalue weighted by atomic mass is 31.2. The summed E-state index contributed by atoms with van der Waals surface area (Å²) in [7, 11) is -2.15. The maximum atomic E-state index is 12.0. The molecule has 0 bridgehead atoms. The fourth-order valence-electron chi connectivity index (χ4n) is 2.09. The largest absolute Gasteiger partial charge is 0.319 e. The predicted octanol–water partition coefficient (Wildman–Crippen LogP) is 4.73. The van der Waals surface area contributed by atoms with Gasteiger partial charge in [-0.25, -0.2) is 0 Å². The second-order valence-corrected chi connectivity index (χ2v) is 8.90. The first-order valence-electron chi connectivity index (χ1n) is 6.64. The molecule has 0 aliphatic carbocycles. The molecular formula is C17H21OP. The molecule has 0 unspecified atom stereocenters. The average molecular weight is 272 g/mol. The van der Waals surface area contributed by atoms with E-state index in [1.807, 2.05) is 12.1 Å². The Kier molecular flexibility index (Phi) is 3.96. The molecule has 100 valence electrons. The van der Waals surface area contributed by atoms with Crippen molar-refractivity contribution in [3.05, 3.63) is 54.1 Å². The highest BCUT2D eigenvalue weighted by Crippen LogP contribution is 2.35. The molecule has 0 heterocycles. The topological polar surface area (TPSA) is 17.1 Å². The average Bonchev–Trinajstić information content (AvgIpc) is 2.38. The van der Waals surface area contributed by atoms with Crippen molar-refractivity contribution in [3.8, 4) is 11.1 Å². The first-order chi connectivity index (χ1) is 8.88. The lowest BCUT2D eigenvalue weighted by Gasteiger charge is -2.10. The lowest BCUT2D eigenvalue weighted by molar-refractivity contribution is 0.588. The molecule has 2 heteroatoms. The predicted molar refractivity (Wildman–Crippen MR) is 85.1 cm³/mol. The smallest absolute Gasteiger partial charge is 0.109 e. The minimum Gasteiger partial charge on any atom is -0.319 e. The van der Waals surface area contributed by atoms with Crippen molar-refractivity contribution in [1.82, 2.24) is 0 Å². The van der Waals surface area contributed by atoms with Gasteiger partial charge in [-0.05, 0) is 35.9 Å². The molecular weight excluding hydrogens is 251 g/mol. The summed E-state index contributed by atoms with van der Waals surface area (Å²) in [5.41, 5.74) is 3.75. The van der Waals surface area contributed by atoms with Crippen molar-refractivity contribution >= 4 is 12.4 Å². The number of rotatable bonds is 3. The molecule has 1 nitrogen and oxygen atoms in total. The quantitative estimate of drug-likeness (QED) is 0.738. The third-order valence-corrected chi connectivity index (χ3v) is 4.92. The molecule has 0 atom stereocenters. The third-order valence-electron chi connectivity index (χ3n) is 3.38. The minimum absolute atomic E-state index is 0.533. The lowest BCUT2D eigenvalue weighted by Crippen LogP contribution is -2.01. The Morgan fingerprint density at radius 3 is 2.05 bits per heavy atom. The van der Waals surface area contributed by atoms with Gasteiger partial charge >= 0.3 is 0 Å². The summed E-state index contributed by atoms with van der Waals surface area (Å²) in [6.45, 7) is 8.02. The zero-order valence-corrected chi connectivity index (χ0v) is 12.9. The molecule has 0 aromatic heterocycles. The standard InChI is InChI=1S/C17H21OP/c1-13(2)15-6-5-7-16(12-15)14-8-10-17(11-9-14)19(3,4)18/h5-13H,1-4H3. The summed E-state index contributed by atoms with van der Waals surface area (Å²) in [6.07, 6.45) is 0. The van der Waals surface area contributed by atoms with Gasteiger partial charge in [-0.1, -0.05) is 62.4 Å². The maximum absolute atomic E-state index is 12.0. The Morgan fingerprint density at radius 2 is 1.53 bits per heavy atom. The van der Waals surface area contributed by atoms with E-state index in [0.717, 1.165) is 5.30 Å². The molecule has 2 rings (SSSR count). The van der Waals surface area contributed by atoms with Gasteiger partial charge < -0.3 is 4.57 Å². The molecule has 0 radical (unpaired) electrons. The van der Waals surface area contributed by atoms with Crippen LogP contribution >= 0.6 is 7.14 Å². The van der Waals surface area contributed by atoms with Crippen LogP contribution in [0.5, 0.6) is 0 Å². The zero-order chi connectivity index (χ0) is 14.0. The van der Waals surface area contributed by atoms with E-state index in [4.69, 9.17) is 0 Å². The van der Waals surface area contributed by atoms with Crippen LogP contribution in [0.15, 0.2) is 48.5 Å². The second-order valence-electron chi connectivity index (χ2n) is 5.68. The third kappa shape index (κ3) is 3.36. The van der Waals surface area contributed by atoms with Gasteiger partial charge in [0.1, 0.15) is 7.14 Å². The number of benzene rings is 2. The van der Waals surface area contributed by atoms with E-state index < -0.39 is 7.14 Å². The van der Waals surface area contributed by atoms with E-state index in [9.17, 15) is 4.57 Å². The summed E-state index contributed by atoms with van der Waals surface area (Å²) in [6, 6.07) is 16.7. The van der Waals surface area contributed by atoms with E-state index >= 15 is 0 Å². The Labute approximate surface area is 116 Å². The van der Waals surface area contributed by atoms with Crippen molar-refractivity contribution in [2.75, 3.05) is 13.3 Å². The van der Waals surface area contributed by atoms with Gasteiger partial charge in [0.05, 0.1) is 0 Å². The van der Waals surface area contributed by atoms with E-state index in [0.29, 0.717) is 5.92 Å². The molecule has 0 N–H and O–H groups in total. The summed E-state index contributed by atoms with van der Waals surface area (Å²) in [5, 5.41) is 0.941.